The lowest BCUT2D eigenvalue weighted by molar-refractivity contribution is 0.556. The van der Waals surface area contributed by atoms with Crippen molar-refractivity contribution in [1.29, 1.82) is 0 Å². The molecule has 1 aromatic rings. The summed E-state index contributed by atoms with van der Waals surface area (Å²) in [5.74, 6) is 0.910. The molecule has 4 rings (SSSR count). The maximum absolute atomic E-state index is 6.09. The molecule has 3 heteroatoms. The monoisotopic (exact) mass is 359 g/mol. The van der Waals surface area contributed by atoms with E-state index in [-0.39, 0.29) is 5.92 Å². The third-order valence-corrected chi connectivity index (χ3v) is 6.35. The second-order valence-corrected chi connectivity index (χ2v) is 7.65. The van der Waals surface area contributed by atoms with Crippen molar-refractivity contribution in [3.8, 4) is 0 Å². The van der Waals surface area contributed by atoms with Crippen molar-refractivity contribution in [3.05, 3.63) is 71.1 Å². The van der Waals surface area contributed by atoms with Gasteiger partial charge in [-0.15, -0.1) is 6.58 Å². The SMILES string of the molecule is C=CC1C(CC)=C(CC)C=CC1C1=C2C(CC=N1)c1cc(N)ccc1N2C. The van der Waals surface area contributed by atoms with Crippen LogP contribution in [0.2, 0.25) is 0 Å². The lowest BCUT2D eigenvalue weighted by Crippen LogP contribution is -2.26. The van der Waals surface area contributed by atoms with E-state index >= 15 is 0 Å². The van der Waals surface area contributed by atoms with Crippen molar-refractivity contribution < 1.29 is 0 Å². The molecule has 0 amide bonds. The van der Waals surface area contributed by atoms with Crippen LogP contribution in [0, 0.1) is 11.8 Å². The maximum atomic E-state index is 6.09. The number of rotatable bonds is 4. The molecular formula is C24H29N3. The van der Waals surface area contributed by atoms with Gasteiger partial charge in [0.2, 0.25) is 0 Å². The Morgan fingerprint density at radius 2 is 2.11 bits per heavy atom. The number of nitrogens with two attached hydrogens (primary N) is 1. The van der Waals surface area contributed by atoms with E-state index in [0.29, 0.717) is 11.8 Å². The summed E-state index contributed by atoms with van der Waals surface area (Å²) in [7, 11) is 2.16. The quantitative estimate of drug-likeness (QED) is 0.562. The van der Waals surface area contributed by atoms with Crippen molar-refractivity contribution >= 4 is 17.6 Å². The van der Waals surface area contributed by atoms with E-state index in [4.69, 9.17) is 10.7 Å². The Hall–Kier alpha value is -2.55. The number of hydrogen-bond donors (Lipinski definition) is 1. The van der Waals surface area contributed by atoms with Gasteiger partial charge in [0.1, 0.15) is 0 Å². The number of likely N-dealkylation sites (N-methyl/N-ethyl adjacent to an activating group) is 1. The van der Waals surface area contributed by atoms with E-state index in [1.807, 2.05) is 6.07 Å². The number of anilines is 2. The van der Waals surface area contributed by atoms with Crippen LogP contribution >= 0.6 is 0 Å². The van der Waals surface area contributed by atoms with Crippen molar-refractivity contribution in [1.82, 2.24) is 0 Å². The second-order valence-electron chi connectivity index (χ2n) is 7.65. The number of fused-ring (bicyclic) bond motifs is 3. The molecule has 0 spiro atoms. The summed E-state index contributed by atoms with van der Waals surface area (Å²) in [6.07, 6.45) is 11.9. The zero-order valence-corrected chi connectivity index (χ0v) is 16.6. The first-order valence-corrected chi connectivity index (χ1v) is 10.0. The van der Waals surface area contributed by atoms with Crippen molar-refractivity contribution in [3.63, 3.8) is 0 Å². The summed E-state index contributed by atoms with van der Waals surface area (Å²) in [5.41, 5.74) is 15.0. The molecule has 0 fully saturated rings. The van der Waals surface area contributed by atoms with E-state index < -0.39 is 0 Å². The van der Waals surface area contributed by atoms with Crippen LogP contribution in [0.1, 0.15) is 44.6 Å². The average Bonchev–Trinajstić information content (AvgIpc) is 2.98. The van der Waals surface area contributed by atoms with Crippen LogP contribution in [0.15, 0.2) is 70.5 Å². The van der Waals surface area contributed by atoms with Crippen LogP contribution in [0.25, 0.3) is 0 Å². The number of allylic oxidation sites excluding steroid dienone is 6. The summed E-state index contributed by atoms with van der Waals surface area (Å²) in [6.45, 7) is 8.67. The molecule has 3 atom stereocenters. The minimum atomic E-state index is 0.246. The number of nitrogens with zero attached hydrogens (tertiary/aromatic N) is 2. The largest absolute Gasteiger partial charge is 0.399 e. The van der Waals surface area contributed by atoms with Crippen LogP contribution in [0.5, 0.6) is 0 Å². The second kappa shape index (κ2) is 6.88. The number of hydrogen-bond acceptors (Lipinski definition) is 3. The molecule has 1 aliphatic carbocycles. The number of aliphatic imine (C=N–C) groups is 1. The summed E-state index contributed by atoms with van der Waals surface area (Å²) < 4.78 is 0. The third kappa shape index (κ3) is 2.68. The molecular weight excluding hydrogens is 330 g/mol. The lowest BCUT2D eigenvalue weighted by atomic mass is 9.74. The minimum absolute atomic E-state index is 0.246. The van der Waals surface area contributed by atoms with Crippen molar-refractivity contribution in [2.24, 2.45) is 16.8 Å². The molecule has 140 valence electrons. The van der Waals surface area contributed by atoms with E-state index in [1.165, 1.54) is 33.8 Å². The molecule has 3 nitrogen and oxygen atoms in total. The highest BCUT2D eigenvalue weighted by Crippen LogP contribution is 2.50. The van der Waals surface area contributed by atoms with Gasteiger partial charge in [0.05, 0.1) is 5.70 Å². The van der Waals surface area contributed by atoms with Gasteiger partial charge < -0.3 is 10.6 Å². The summed E-state index contributed by atoms with van der Waals surface area (Å²) in [4.78, 5) is 7.25. The predicted octanol–water partition coefficient (Wildman–Crippen LogP) is 5.59. The Balaban J connectivity index is 1.83. The molecule has 3 unspecified atom stereocenters. The molecule has 0 aromatic heterocycles. The maximum Gasteiger partial charge on any atom is 0.0678 e. The van der Waals surface area contributed by atoms with Crippen LogP contribution in [-0.4, -0.2) is 13.3 Å². The van der Waals surface area contributed by atoms with Crippen molar-refractivity contribution in [2.45, 2.75) is 39.0 Å². The molecule has 2 aliphatic heterocycles. The molecule has 0 radical (unpaired) electrons. The summed E-state index contributed by atoms with van der Waals surface area (Å²) >= 11 is 0. The Labute approximate surface area is 162 Å². The zero-order valence-electron chi connectivity index (χ0n) is 16.6. The lowest BCUT2D eigenvalue weighted by Gasteiger charge is -2.34. The van der Waals surface area contributed by atoms with Gasteiger partial charge in [-0.2, -0.15) is 0 Å². The topological polar surface area (TPSA) is 41.6 Å². The number of nitrogen functional groups attached to an aromatic ring is 1. The highest BCUT2D eigenvalue weighted by atomic mass is 15.2. The van der Waals surface area contributed by atoms with Gasteiger partial charge in [0.25, 0.3) is 0 Å². The molecule has 2 heterocycles. The first-order valence-electron chi connectivity index (χ1n) is 10.0. The van der Waals surface area contributed by atoms with Crippen molar-refractivity contribution in [2.75, 3.05) is 17.7 Å². The van der Waals surface area contributed by atoms with Gasteiger partial charge in [-0.3, -0.25) is 4.99 Å². The van der Waals surface area contributed by atoms with Gasteiger partial charge in [-0.05, 0) is 48.6 Å². The fourth-order valence-corrected chi connectivity index (χ4v) is 5.07. The minimum Gasteiger partial charge on any atom is -0.399 e. The molecule has 0 saturated carbocycles. The van der Waals surface area contributed by atoms with Crippen LogP contribution in [-0.2, 0) is 0 Å². The van der Waals surface area contributed by atoms with E-state index in [1.54, 1.807) is 0 Å². The molecule has 0 bridgehead atoms. The molecule has 0 saturated heterocycles. The zero-order chi connectivity index (χ0) is 19.1. The van der Waals surface area contributed by atoms with Crippen LogP contribution < -0.4 is 10.6 Å². The first-order chi connectivity index (χ1) is 13.1. The number of benzene rings is 1. The fourth-order valence-electron chi connectivity index (χ4n) is 5.07. The van der Waals surface area contributed by atoms with Crippen LogP contribution in [0.4, 0.5) is 11.4 Å². The summed E-state index contributed by atoms with van der Waals surface area (Å²) in [6, 6.07) is 6.27. The third-order valence-electron chi connectivity index (χ3n) is 6.35. The fraction of sp³-hybridized carbons (Fsp3) is 0.375. The van der Waals surface area contributed by atoms with Gasteiger partial charge >= 0.3 is 0 Å². The molecule has 27 heavy (non-hydrogen) atoms. The molecule has 1 aromatic carbocycles. The van der Waals surface area contributed by atoms with E-state index in [9.17, 15) is 0 Å². The highest BCUT2D eigenvalue weighted by Gasteiger charge is 2.39. The highest BCUT2D eigenvalue weighted by molar-refractivity contribution is 5.77. The average molecular weight is 360 g/mol. The predicted molar refractivity (Wildman–Crippen MR) is 116 cm³/mol. The van der Waals surface area contributed by atoms with Gasteiger partial charge in [-0.25, -0.2) is 0 Å². The summed E-state index contributed by atoms with van der Waals surface area (Å²) in [5, 5.41) is 0. The standard InChI is InChI=1S/C24H29N3/c1-5-15-8-10-19(18(7-3)17(15)6-2)23-24-20(12-13-26-23)21-14-16(25)9-11-22(21)27(24)4/h7-11,13-14,18-20H,3,5-6,12,25H2,1-2,4H3. The van der Waals surface area contributed by atoms with E-state index in [2.05, 4.69) is 68.9 Å². The normalized spacial score (nSPS) is 26.5. The Morgan fingerprint density at radius 1 is 1.30 bits per heavy atom. The van der Waals surface area contributed by atoms with Gasteiger partial charge in [-0.1, -0.05) is 37.6 Å². The van der Waals surface area contributed by atoms with Gasteiger partial charge in [0, 0.05) is 48.1 Å². The van der Waals surface area contributed by atoms with E-state index in [0.717, 1.165) is 24.9 Å². The first kappa shape index (κ1) is 17.8. The molecule has 2 N–H and O–H groups in total. The van der Waals surface area contributed by atoms with Crippen LogP contribution in [0.3, 0.4) is 0 Å². The Morgan fingerprint density at radius 3 is 2.81 bits per heavy atom. The van der Waals surface area contributed by atoms with Gasteiger partial charge in [0.15, 0.2) is 0 Å². The molecule has 3 aliphatic rings. The Kier molecular flexibility index (Phi) is 4.55. The Bertz CT molecular complexity index is 900. The smallest absolute Gasteiger partial charge is 0.0678 e.